The summed E-state index contributed by atoms with van der Waals surface area (Å²) in [5.41, 5.74) is 1.73. The van der Waals surface area contributed by atoms with Crippen molar-refractivity contribution in [2.75, 3.05) is 10.8 Å². The van der Waals surface area contributed by atoms with Crippen LogP contribution in [-0.4, -0.2) is 43.8 Å². The molecule has 0 aromatic heterocycles. The van der Waals surface area contributed by atoms with Crippen LogP contribution >= 0.6 is 39.1 Å². The van der Waals surface area contributed by atoms with Crippen LogP contribution in [-0.2, 0) is 32.6 Å². The number of benzene rings is 4. The molecule has 0 aliphatic carbocycles. The normalized spacial score (nSPS) is 12.0. The summed E-state index contributed by atoms with van der Waals surface area (Å²) < 4.78 is 29.9. The van der Waals surface area contributed by atoms with Crippen LogP contribution in [0.5, 0.6) is 0 Å². The minimum Gasteiger partial charge on any atom is -0.352 e. The van der Waals surface area contributed by atoms with Crippen molar-refractivity contribution in [3.05, 3.63) is 129 Å². The van der Waals surface area contributed by atoms with Crippen LogP contribution in [0.4, 0.5) is 5.69 Å². The lowest BCUT2D eigenvalue weighted by molar-refractivity contribution is -0.140. The van der Waals surface area contributed by atoms with Crippen molar-refractivity contribution in [3.63, 3.8) is 0 Å². The van der Waals surface area contributed by atoms with Crippen molar-refractivity contribution in [1.29, 1.82) is 0 Å². The minimum atomic E-state index is -4.26. The molecule has 0 saturated carbocycles. The van der Waals surface area contributed by atoms with Gasteiger partial charge in [-0.05, 0) is 67.4 Å². The largest absolute Gasteiger partial charge is 0.352 e. The van der Waals surface area contributed by atoms with Crippen molar-refractivity contribution in [2.45, 2.75) is 43.8 Å². The fourth-order valence-electron chi connectivity index (χ4n) is 4.65. The number of sulfonamides is 1. The fraction of sp³-hybridized carbons (Fsp3) is 0.212. The van der Waals surface area contributed by atoms with E-state index in [1.54, 1.807) is 18.2 Å². The number of nitrogens with zero attached hydrogens (tertiary/aromatic N) is 2. The average Bonchev–Trinajstić information content (AvgIpc) is 2.98. The Morgan fingerprint density at radius 1 is 0.818 bits per heavy atom. The van der Waals surface area contributed by atoms with Crippen LogP contribution in [0.3, 0.4) is 0 Å². The third-order valence-corrected chi connectivity index (χ3v) is 9.47. The molecule has 7 nitrogen and oxygen atoms in total. The predicted octanol–water partition coefficient (Wildman–Crippen LogP) is 7.12. The van der Waals surface area contributed by atoms with Gasteiger partial charge >= 0.3 is 0 Å². The third-order valence-electron chi connectivity index (χ3n) is 6.71. The Balaban J connectivity index is 1.82. The first-order chi connectivity index (χ1) is 20.9. The number of hydrogen-bond acceptors (Lipinski definition) is 4. The van der Waals surface area contributed by atoms with Gasteiger partial charge in [0.05, 0.1) is 10.6 Å². The molecular formula is C33H32BrCl2N3O4S. The molecule has 1 N–H and O–H groups in total. The summed E-state index contributed by atoms with van der Waals surface area (Å²) in [7, 11) is -4.26. The van der Waals surface area contributed by atoms with Crippen LogP contribution in [0, 0.1) is 0 Å². The van der Waals surface area contributed by atoms with Crippen LogP contribution in [0.2, 0.25) is 10.0 Å². The first kappa shape index (κ1) is 33.5. The van der Waals surface area contributed by atoms with E-state index in [1.807, 2.05) is 68.4 Å². The van der Waals surface area contributed by atoms with Crippen LogP contribution in [0.25, 0.3) is 0 Å². The molecule has 1 unspecified atom stereocenters. The smallest absolute Gasteiger partial charge is 0.264 e. The van der Waals surface area contributed by atoms with Gasteiger partial charge in [-0.15, -0.1) is 0 Å². The van der Waals surface area contributed by atoms with E-state index in [0.29, 0.717) is 0 Å². The summed E-state index contributed by atoms with van der Waals surface area (Å²) in [5, 5.41) is 3.36. The molecule has 1 atom stereocenters. The van der Waals surface area contributed by atoms with Crippen LogP contribution < -0.4 is 9.62 Å². The quantitative estimate of drug-likeness (QED) is 0.169. The van der Waals surface area contributed by atoms with E-state index in [0.717, 1.165) is 19.9 Å². The number of amides is 2. The Labute approximate surface area is 277 Å². The van der Waals surface area contributed by atoms with Gasteiger partial charge in [0.1, 0.15) is 12.6 Å². The van der Waals surface area contributed by atoms with E-state index in [9.17, 15) is 18.0 Å². The Bertz CT molecular complexity index is 1670. The van der Waals surface area contributed by atoms with E-state index < -0.39 is 28.5 Å². The van der Waals surface area contributed by atoms with Gasteiger partial charge in [-0.1, -0.05) is 99.8 Å². The highest BCUT2D eigenvalue weighted by atomic mass is 79.9. The number of carbonyl (C=O) groups is 2. The Kier molecular flexibility index (Phi) is 11.5. The molecule has 0 aliphatic rings. The maximum atomic E-state index is 14.4. The van der Waals surface area contributed by atoms with Gasteiger partial charge in [0.25, 0.3) is 10.0 Å². The van der Waals surface area contributed by atoms with E-state index >= 15 is 0 Å². The molecule has 0 bridgehead atoms. The third kappa shape index (κ3) is 8.85. The van der Waals surface area contributed by atoms with Gasteiger partial charge in [-0.2, -0.15) is 0 Å². The summed E-state index contributed by atoms with van der Waals surface area (Å²) in [4.78, 5) is 29.6. The molecule has 230 valence electrons. The van der Waals surface area contributed by atoms with Crippen molar-refractivity contribution in [2.24, 2.45) is 0 Å². The van der Waals surface area contributed by atoms with Gasteiger partial charge in [0, 0.05) is 33.5 Å². The van der Waals surface area contributed by atoms with Gasteiger partial charge in [0.15, 0.2) is 0 Å². The number of anilines is 1. The number of halogens is 3. The topological polar surface area (TPSA) is 86.8 Å². The Hall–Kier alpha value is -3.37. The van der Waals surface area contributed by atoms with E-state index in [1.165, 1.54) is 35.2 Å². The van der Waals surface area contributed by atoms with Crippen molar-refractivity contribution in [1.82, 2.24) is 10.2 Å². The van der Waals surface area contributed by atoms with E-state index in [2.05, 4.69) is 21.2 Å². The lowest BCUT2D eigenvalue weighted by Gasteiger charge is -2.34. The van der Waals surface area contributed by atoms with E-state index in [-0.39, 0.29) is 45.5 Å². The molecule has 44 heavy (non-hydrogen) atoms. The van der Waals surface area contributed by atoms with Gasteiger partial charge < -0.3 is 10.2 Å². The highest BCUT2D eigenvalue weighted by Gasteiger charge is 2.35. The SMILES string of the molecule is CC(C)NC(=O)C(Cc1ccccc1)N(Cc1ccc(Br)cc1)C(=O)CN(c1cc(Cl)cc(Cl)c1)S(=O)(=O)c1ccccc1. The summed E-state index contributed by atoms with van der Waals surface area (Å²) >= 11 is 16.0. The molecule has 4 rings (SSSR count). The first-order valence-electron chi connectivity index (χ1n) is 13.9. The molecule has 0 heterocycles. The zero-order chi connectivity index (χ0) is 31.9. The second kappa shape index (κ2) is 15.1. The summed E-state index contributed by atoms with van der Waals surface area (Å²) in [6, 6.07) is 27.8. The number of carbonyl (C=O) groups excluding carboxylic acids is 2. The molecule has 0 fully saturated rings. The Morgan fingerprint density at radius 3 is 1.95 bits per heavy atom. The summed E-state index contributed by atoms with van der Waals surface area (Å²) in [6.07, 6.45) is 0.218. The molecule has 0 aliphatic heterocycles. The zero-order valence-electron chi connectivity index (χ0n) is 24.2. The standard InChI is InChI=1S/C33H32BrCl2N3O4S/c1-23(2)37-33(41)31(17-24-9-5-3-6-10-24)38(21-25-13-15-26(34)16-14-25)32(40)22-39(29-19-27(35)18-28(36)20-29)44(42,43)30-11-7-4-8-12-30/h3-16,18-20,23,31H,17,21-22H2,1-2H3,(H,37,41). The average molecular weight is 718 g/mol. The minimum absolute atomic E-state index is 0.0123. The lowest BCUT2D eigenvalue weighted by atomic mass is 10.0. The molecule has 0 spiro atoms. The number of rotatable bonds is 12. The fourth-order valence-corrected chi connectivity index (χ4v) is 6.85. The molecule has 0 saturated heterocycles. The molecule has 4 aromatic carbocycles. The monoisotopic (exact) mass is 715 g/mol. The zero-order valence-corrected chi connectivity index (χ0v) is 28.1. The Morgan fingerprint density at radius 2 is 1.39 bits per heavy atom. The summed E-state index contributed by atoms with van der Waals surface area (Å²) in [5.74, 6) is -0.930. The number of hydrogen-bond donors (Lipinski definition) is 1. The van der Waals surface area contributed by atoms with Gasteiger partial charge in [-0.25, -0.2) is 8.42 Å². The van der Waals surface area contributed by atoms with Gasteiger partial charge in [-0.3, -0.25) is 13.9 Å². The number of nitrogens with one attached hydrogen (secondary N) is 1. The second-order valence-corrected chi connectivity index (χ2v) is 14.1. The molecule has 2 amide bonds. The van der Waals surface area contributed by atoms with Crippen molar-refractivity contribution < 1.29 is 18.0 Å². The molecule has 11 heteroatoms. The van der Waals surface area contributed by atoms with Crippen molar-refractivity contribution in [3.8, 4) is 0 Å². The second-order valence-electron chi connectivity index (χ2n) is 10.5. The predicted molar refractivity (Wildman–Crippen MR) is 179 cm³/mol. The van der Waals surface area contributed by atoms with Crippen molar-refractivity contribution >= 4 is 66.7 Å². The summed E-state index contributed by atoms with van der Waals surface area (Å²) in [6.45, 7) is 3.14. The highest BCUT2D eigenvalue weighted by Crippen LogP contribution is 2.30. The van der Waals surface area contributed by atoms with Crippen LogP contribution in [0.1, 0.15) is 25.0 Å². The highest BCUT2D eigenvalue weighted by molar-refractivity contribution is 9.10. The maximum Gasteiger partial charge on any atom is 0.264 e. The van der Waals surface area contributed by atoms with Crippen LogP contribution in [0.15, 0.2) is 112 Å². The van der Waals surface area contributed by atoms with Gasteiger partial charge in [0.2, 0.25) is 11.8 Å². The lowest BCUT2D eigenvalue weighted by Crippen LogP contribution is -2.54. The van der Waals surface area contributed by atoms with E-state index in [4.69, 9.17) is 23.2 Å². The maximum absolute atomic E-state index is 14.4. The molecule has 4 aromatic rings. The molecular weight excluding hydrogens is 685 g/mol. The molecule has 0 radical (unpaired) electrons. The first-order valence-corrected chi connectivity index (χ1v) is 16.8.